The molecule has 100 valence electrons. The van der Waals surface area contributed by atoms with Gasteiger partial charge >= 0.3 is 0 Å². The molecule has 1 rings (SSSR count). The van der Waals surface area contributed by atoms with Crippen molar-refractivity contribution in [2.45, 2.75) is 71.4 Å². The minimum absolute atomic E-state index is 0.160. The molecule has 1 amide bonds. The van der Waals surface area contributed by atoms with Crippen molar-refractivity contribution < 1.29 is 4.79 Å². The van der Waals surface area contributed by atoms with Gasteiger partial charge in [-0.15, -0.1) is 0 Å². The van der Waals surface area contributed by atoms with Crippen LogP contribution in [0.1, 0.15) is 59.3 Å². The third kappa shape index (κ3) is 6.67. The Labute approximate surface area is 106 Å². The first-order chi connectivity index (χ1) is 8.08. The van der Waals surface area contributed by atoms with Crippen molar-refractivity contribution in [3.8, 4) is 0 Å². The van der Waals surface area contributed by atoms with Crippen LogP contribution in [0.25, 0.3) is 0 Å². The van der Waals surface area contributed by atoms with E-state index in [2.05, 4.69) is 31.4 Å². The zero-order valence-corrected chi connectivity index (χ0v) is 11.6. The lowest BCUT2D eigenvalue weighted by molar-refractivity contribution is -0.121. The summed E-state index contributed by atoms with van der Waals surface area (Å²) < 4.78 is 0. The first-order valence-corrected chi connectivity index (χ1v) is 7.10. The minimum Gasteiger partial charge on any atom is -0.352 e. The Balaban J connectivity index is 2.05. The number of rotatable bonds is 7. The van der Waals surface area contributed by atoms with Crippen LogP contribution in [-0.4, -0.2) is 24.5 Å². The van der Waals surface area contributed by atoms with Crippen LogP contribution < -0.4 is 10.6 Å². The van der Waals surface area contributed by atoms with Gasteiger partial charge in [-0.3, -0.25) is 4.79 Å². The average Bonchev–Trinajstić information content (AvgIpc) is 2.76. The summed E-state index contributed by atoms with van der Waals surface area (Å²) in [7, 11) is 0. The third-order valence-electron chi connectivity index (χ3n) is 3.51. The second-order valence-electron chi connectivity index (χ2n) is 5.80. The van der Waals surface area contributed by atoms with Crippen molar-refractivity contribution in [2.75, 3.05) is 6.54 Å². The van der Waals surface area contributed by atoms with E-state index in [1.54, 1.807) is 0 Å². The van der Waals surface area contributed by atoms with E-state index in [-0.39, 0.29) is 5.91 Å². The van der Waals surface area contributed by atoms with Crippen LogP contribution >= 0.6 is 0 Å². The van der Waals surface area contributed by atoms with Crippen LogP contribution in [0.4, 0.5) is 0 Å². The van der Waals surface area contributed by atoms with Crippen LogP contribution in [-0.2, 0) is 4.79 Å². The van der Waals surface area contributed by atoms with Gasteiger partial charge in [-0.05, 0) is 38.5 Å². The summed E-state index contributed by atoms with van der Waals surface area (Å²) in [6, 6.07) is 0.877. The SMILES string of the molecule is CC(C)CC[C@H](C)NCC(=O)NC1CCCC1. The molecular weight excluding hydrogens is 212 g/mol. The van der Waals surface area contributed by atoms with Gasteiger partial charge in [-0.25, -0.2) is 0 Å². The molecule has 0 heterocycles. The Hall–Kier alpha value is -0.570. The van der Waals surface area contributed by atoms with Gasteiger partial charge in [0, 0.05) is 12.1 Å². The number of hydrogen-bond donors (Lipinski definition) is 2. The molecule has 0 aliphatic heterocycles. The smallest absolute Gasteiger partial charge is 0.234 e. The number of amides is 1. The molecular formula is C14H28N2O. The molecule has 0 saturated heterocycles. The van der Waals surface area contributed by atoms with Crippen molar-refractivity contribution in [3.63, 3.8) is 0 Å². The molecule has 3 heteroatoms. The van der Waals surface area contributed by atoms with Crippen molar-refractivity contribution in [1.29, 1.82) is 0 Å². The van der Waals surface area contributed by atoms with Crippen LogP contribution in [0.5, 0.6) is 0 Å². The number of hydrogen-bond acceptors (Lipinski definition) is 2. The van der Waals surface area contributed by atoms with E-state index in [0.717, 1.165) is 25.2 Å². The Morgan fingerprint density at radius 3 is 2.41 bits per heavy atom. The standard InChI is InChI=1S/C14H28N2O/c1-11(2)8-9-12(3)15-10-14(17)16-13-6-4-5-7-13/h11-13,15H,4-10H2,1-3H3,(H,16,17)/t12-/m0/s1. The fraction of sp³-hybridized carbons (Fsp3) is 0.929. The predicted molar refractivity (Wildman–Crippen MR) is 71.9 cm³/mol. The Bertz CT molecular complexity index is 222. The zero-order chi connectivity index (χ0) is 12.7. The summed E-state index contributed by atoms with van der Waals surface area (Å²) in [4.78, 5) is 11.7. The number of carbonyl (C=O) groups excluding carboxylic acids is 1. The second-order valence-corrected chi connectivity index (χ2v) is 5.80. The van der Waals surface area contributed by atoms with Crippen LogP contribution in [0, 0.1) is 5.92 Å². The topological polar surface area (TPSA) is 41.1 Å². The van der Waals surface area contributed by atoms with Gasteiger partial charge in [-0.1, -0.05) is 26.7 Å². The highest BCUT2D eigenvalue weighted by Gasteiger charge is 2.17. The molecule has 2 N–H and O–H groups in total. The van der Waals surface area contributed by atoms with Gasteiger partial charge in [0.05, 0.1) is 6.54 Å². The molecule has 17 heavy (non-hydrogen) atoms. The molecule has 0 aromatic carbocycles. The van der Waals surface area contributed by atoms with Gasteiger partial charge in [0.15, 0.2) is 0 Å². The van der Waals surface area contributed by atoms with E-state index in [1.807, 2.05) is 0 Å². The number of nitrogens with one attached hydrogen (secondary N) is 2. The lowest BCUT2D eigenvalue weighted by Gasteiger charge is -2.16. The molecule has 3 nitrogen and oxygen atoms in total. The summed E-state index contributed by atoms with van der Waals surface area (Å²) in [5, 5.41) is 6.40. The summed E-state index contributed by atoms with van der Waals surface area (Å²) in [5.74, 6) is 0.903. The summed E-state index contributed by atoms with van der Waals surface area (Å²) in [6.07, 6.45) is 7.22. The molecule has 1 aliphatic rings. The quantitative estimate of drug-likeness (QED) is 0.717. The summed E-state index contributed by atoms with van der Waals surface area (Å²) in [5.41, 5.74) is 0. The molecule has 0 spiro atoms. The third-order valence-corrected chi connectivity index (χ3v) is 3.51. The normalized spacial score (nSPS) is 18.6. The molecule has 0 bridgehead atoms. The molecule has 0 aromatic heterocycles. The van der Waals surface area contributed by atoms with E-state index in [0.29, 0.717) is 18.6 Å². The fourth-order valence-electron chi connectivity index (χ4n) is 2.30. The van der Waals surface area contributed by atoms with E-state index in [1.165, 1.54) is 19.3 Å². The predicted octanol–water partition coefficient (Wildman–Crippen LogP) is 2.46. The highest BCUT2D eigenvalue weighted by molar-refractivity contribution is 5.78. The van der Waals surface area contributed by atoms with Crippen molar-refractivity contribution >= 4 is 5.91 Å². The zero-order valence-electron chi connectivity index (χ0n) is 11.6. The lowest BCUT2D eigenvalue weighted by atomic mass is 10.0. The van der Waals surface area contributed by atoms with Crippen molar-refractivity contribution in [1.82, 2.24) is 10.6 Å². The first kappa shape index (κ1) is 14.5. The van der Waals surface area contributed by atoms with Crippen molar-refractivity contribution in [2.24, 2.45) is 5.92 Å². The highest BCUT2D eigenvalue weighted by atomic mass is 16.1. The largest absolute Gasteiger partial charge is 0.352 e. The van der Waals surface area contributed by atoms with Crippen LogP contribution in [0.3, 0.4) is 0 Å². The Kier molecular flexibility index (Phi) is 6.56. The second kappa shape index (κ2) is 7.70. The van der Waals surface area contributed by atoms with Gasteiger partial charge in [0.25, 0.3) is 0 Å². The van der Waals surface area contributed by atoms with Gasteiger partial charge < -0.3 is 10.6 Å². The number of carbonyl (C=O) groups is 1. The fourth-order valence-corrected chi connectivity index (χ4v) is 2.30. The van der Waals surface area contributed by atoms with Crippen LogP contribution in [0.2, 0.25) is 0 Å². The Morgan fingerprint density at radius 1 is 1.18 bits per heavy atom. The maximum absolute atomic E-state index is 11.7. The molecule has 0 unspecified atom stereocenters. The Morgan fingerprint density at radius 2 is 1.82 bits per heavy atom. The van der Waals surface area contributed by atoms with E-state index >= 15 is 0 Å². The van der Waals surface area contributed by atoms with Gasteiger partial charge in [-0.2, -0.15) is 0 Å². The van der Waals surface area contributed by atoms with Crippen molar-refractivity contribution in [3.05, 3.63) is 0 Å². The molecule has 1 saturated carbocycles. The lowest BCUT2D eigenvalue weighted by Crippen LogP contribution is -2.41. The van der Waals surface area contributed by atoms with E-state index in [4.69, 9.17) is 0 Å². The van der Waals surface area contributed by atoms with Crippen LogP contribution in [0.15, 0.2) is 0 Å². The van der Waals surface area contributed by atoms with Gasteiger partial charge in [0.2, 0.25) is 5.91 Å². The van der Waals surface area contributed by atoms with E-state index in [9.17, 15) is 4.79 Å². The average molecular weight is 240 g/mol. The maximum atomic E-state index is 11.7. The maximum Gasteiger partial charge on any atom is 0.234 e. The first-order valence-electron chi connectivity index (χ1n) is 7.10. The van der Waals surface area contributed by atoms with E-state index < -0.39 is 0 Å². The molecule has 0 radical (unpaired) electrons. The molecule has 1 atom stereocenters. The summed E-state index contributed by atoms with van der Waals surface area (Å²) in [6.45, 7) is 7.10. The molecule has 1 fully saturated rings. The minimum atomic E-state index is 0.160. The monoisotopic (exact) mass is 240 g/mol. The molecule has 1 aliphatic carbocycles. The summed E-state index contributed by atoms with van der Waals surface area (Å²) >= 11 is 0. The molecule has 0 aromatic rings. The van der Waals surface area contributed by atoms with Gasteiger partial charge in [0.1, 0.15) is 0 Å². The highest BCUT2D eigenvalue weighted by Crippen LogP contribution is 2.17.